The molecule has 4 heteroatoms. The van der Waals surface area contributed by atoms with Gasteiger partial charge in [0.2, 0.25) is 5.91 Å². The highest BCUT2D eigenvalue weighted by Crippen LogP contribution is 2.24. The van der Waals surface area contributed by atoms with Crippen LogP contribution in [-0.4, -0.2) is 24.5 Å². The van der Waals surface area contributed by atoms with E-state index in [1.807, 2.05) is 38.1 Å². The molecule has 19 heavy (non-hydrogen) atoms. The number of thioether (sulfide) groups is 1. The van der Waals surface area contributed by atoms with Crippen LogP contribution in [0.4, 0.5) is 5.69 Å². The van der Waals surface area contributed by atoms with E-state index in [0.29, 0.717) is 11.6 Å². The Bertz CT molecular complexity index is 415. The number of amides is 1. The molecule has 1 amide bonds. The fourth-order valence-electron chi connectivity index (χ4n) is 1.86. The zero-order valence-corrected chi connectivity index (χ0v) is 13.0. The Kier molecular flexibility index (Phi) is 5.73. The number of hydrogen-bond donors (Lipinski definition) is 2. The minimum atomic E-state index is -0.535. The Morgan fingerprint density at radius 3 is 2.47 bits per heavy atom. The second-order valence-corrected chi connectivity index (χ2v) is 6.43. The van der Waals surface area contributed by atoms with Crippen LogP contribution < -0.4 is 11.1 Å². The summed E-state index contributed by atoms with van der Waals surface area (Å²) in [7, 11) is 0. The number of nitrogens with two attached hydrogens (primary N) is 1. The second kappa shape index (κ2) is 6.85. The van der Waals surface area contributed by atoms with E-state index in [1.165, 1.54) is 0 Å². The number of nitrogen functional groups attached to an aromatic ring is 1. The average Bonchev–Trinajstić information content (AvgIpc) is 2.36. The molecule has 0 spiro atoms. The zero-order chi connectivity index (χ0) is 14.5. The van der Waals surface area contributed by atoms with Gasteiger partial charge >= 0.3 is 0 Å². The molecule has 0 aliphatic rings. The molecule has 1 rings (SSSR count). The first-order valence-electron chi connectivity index (χ1n) is 6.51. The summed E-state index contributed by atoms with van der Waals surface area (Å²) in [5.41, 5.74) is 6.84. The molecule has 0 fully saturated rings. The topological polar surface area (TPSA) is 55.1 Å². The van der Waals surface area contributed by atoms with Crippen LogP contribution in [0.3, 0.4) is 0 Å². The van der Waals surface area contributed by atoms with E-state index in [9.17, 15) is 4.79 Å². The van der Waals surface area contributed by atoms with Gasteiger partial charge in [-0.25, -0.2) is 0 Å². The molecule has 0 aromatic heterocycles. The molecule has 0 saturated heterocycles. The molecule has 0 bridgehead atoms. The maximum absolute atomic E-state index is 12.3. The summed E-state index contributed by atoms with van der Waals surface area (Å²) in [6.45, 7) is 6.74. The van der Waals surface area contributed by atoms with Gasteiger partial charge in [0.1, 0.15) is 0 Å². The van der Waals surface area contributed by atoms with Crippen molar-refractivity contribution in [1.82, 2.24) is 5.32 Å². The highest BCUT2D eigenvalue weighted by Gasteiger charge is 2.29. The largest absolute Gasteiger partial charge is 0.399 e. The van der Waals surface area contributed by atoms with E-state index in [-0.39, 0.29) is 5.91 Å². The van der Waals surface area contributed by atoms with E-state index >= 15 is 0 Å². The minimum Gasteiger partial charge on any atom is -0.399 e. The zero-order valence-electron chi connectivity index (χ0n) is 12.2. The number of benzene rings is 1. The third kappa shape index (κ3) is 4.46. The number of anilines is 1. The lowest BCUT2D eigenvalue weighted by Gasteiger charge is -2.25. The van der Waals surface area contributed by atoms with Gasteiger partial charge in [0.05, 0.1) is 5.41 Å². The lowest BCUT2D eigenvalue weighted by molar-refractivity contribution is -0.125. The van der Waals surface area contributed by atoms with Crippen LogP contribution in [0.1, 0.15) is 26.3 Å². The molecule has 3 N–H and O–H groups in total. The third-order valence-corrected chi connectivity index (χ3v) is 4.16. The van der Waals surface area contributed by atoms with E-state index in [2.05, 4.69) is 18.5 Å². The summed E-state index contributed by atoms with van der Waals surface area (Å²) in [5.74, 6) is 1.61. The van der Waals surface area contributed by atoms with Gasteiger partial charge in [-0.1, -0.05) is 19.1 Å². The van der Waals surface area contributed by atoms with Crippen molar-refractivity contribution in [2.45, 2.75) is 26.2 Å². The summed E-state index contributed by atoms with van der Waals surface area (Å²) in [4.78, 5) is 12.3. The second-order valence-electron chi connectivity index (χ2n) is 5.52. The fourth-order valence-corrected chi connectivity index (χ4v) is 2.55. The summed E-state index contributed by atoms with van der Waals surface area (Å²) < 4.78 is 0. The molecule has 0 aliphatic heterocycles. The first-order valence-corrected chi connectivity index (χ1v) is 7.90. The third-order valence-electron chi connectivity index (χ3n) is 3.26. The van der Waals surface area contributed by atoms with Crippen molar-refractivity contribution in [3.05, 3.63) is 29.8 Å². The van der Waals surface area contributed by atoms with Crippen molar-refractivity contribution >= 4 is 23.4 Å². The Morgan fingerprint density at radius 2 is 1.95 bits per heavy atom. The Labute approximate surface area is 120 Å². The van der Waals surface area contributed by atoms with Gasteiger partial charge in [-0.3, -0.25) is 4.79 Å². The Hall–Kier alpha value is -1.16. The normalized spacial score (nSPS) is 13.1. The molecule has 0 radical (unpaired) electrons. The maximum atomic E-state index is 12.3. The van der Waals surface area contributed by atoms with Gasteiger partial charge < -0.3 is 11.1 Å². The van der Waals surface area contributed by atoms with E-state index in [4.69, 9.17) is 5.73 Å². The van der Waals surface area contributed by atoms with Gasteiger partial charge in [0.25, 0.3) is 0 Å². The molecular weight excluding hydrogens is 256 g/mol. The number of carbonyl (C=O) groups is 1. The van der Waals surface area contributed by atoms with Crippen molar-refractivity contribution in [2.75, 3.05) is 24.3 Å². The van der Waals surface area contributed by atoms with Crippen LogP contribution in [0, 0.1) is 5.92 Å². The molecule has 1 aromatic carbocycles. The molecular formula is C15H24N2OS. The van der Waals surface area contributed by atoms with E-state index < -0.39 is 5.41 Å². The summed E-state index contributed by atoms with van der Waals surface area (Å²) in [5, 5.41) is 3.04. The molecule has 0 saturated carbocycles. The smallest absolute Gasteiger partial charge is 0.230 e. The van der Waals surface area contributed by atoms with Crippen LogP contribution in [0.25, 0.3) is 0 Å². The standard InChI is InChI=1S/C15H24N2OS/c1-11(10-19-4)9-17-14(18)15(2,3)12-5-7-13(16)8-6-12/h5-8,11H,9-10,16H2,1-4H3,(H,17,18). The number of rotatable bonds is 6. The highest BCUT2D eigenvalue weighted by atomic mass is 32.2. The summed E-state index contributed by atoms with van der Waals surface area (Å²) >= 11 is 1.80. The van der Waals surface area contributed by atoms with Crippen LogP contribution >= 0.6 is 11.8 Å². The Morgan fingerprint density at radius 1 is 1.37 bits per heavy atom. The first-order chi connectivity index (χ1) is 8.87. The van der Waals surface area contributed by atoms with Gasteiger partial charge in [-0.05, 0) is 49.5 Å². The van der Waals surface area contributed by atoms with Crippen molar-refractivity contribution in [2.24, 2.45) is 5.92 Å². The predicted molar refractivity (Wildman–Crippen MR) is 84.4 cm³/mol. The van der Waals surface area contributed by atoms with E-state index in [0.717, 1.165) is 17.9 Å². The van der Waals surface area contributed by atoms with Crippen LogP contribution in [0.15, 0.2) is 24.3 Å². The SMILES string of the molecule is CSCC(C)CNC(=O)C(C)(C)c1ccc(N)cc1. The molecule has 0 heterocycles. The van der Waals surface area contributed by atoms with Crippen LogP contribution in [-0.2, 0) is 10.2 Å². The average molecular weight is 280 g/mol. The predicted octanol–water partition coefficient (Wildman–Crippen LogP) is 2.66. The van der Waals surface area contributed by atoms with Crippen LogP contribution in [0.5, 0.6) is 0 Å². The Balaban J connectivity index is 2.66. The van der Waals surface area contributed by atoms with Crippen molar-refractivity contribution in [1.29, 1.82) is 0 Å². The first kappa shape index (κ1) is 15.9. The van der Waals surface area contributed by atoms with Crippen molar-refractivity contribution in [3.63, 3.8) is 0 Å². The molecule has 3 nitrogen and oxygen atoms in total. The highest BCUT2D eigenvalue weighted by molar-refractivity contribution is 7.98. The lowest BCUT2D eigenvalue weighted by atomic mass is 9.83. The van der Waals surface area contributed by atoms with Crippen molar-refractivity contribution in [3.8, 4) is 0 Å². The van der Waals surface area contributed by atoms with Gasteiger partial charge in [-0.2, -0.15) is 11.8 Å². The van der Waals surface area contributed by atoms with E-state index in [1.54, 1.807) is 11.8 Å². The molecule has 106 valence electrons. The quantitative estimate of drug-likeness (QED) is 0.788. The monoisotopic (exact) mass is 280 g/mol. The maximum Gasteiger partial charge on any atom is 0.230 e. The molecule has 1 unspecified atom stereocenters. The molecule has 1 atom stereocenters. The van der Waals surface area contributed by atoms with Crippen LogP contribution in [0.2, 0.25) is 0 Å². The minimum absolute atomic E-state index is 0.0604. The number of carbonyl (C=O) groups excluding carboxylic acids is 1. The van der Waals surface area contributed by atoms with Gasteiger partial charge in [0.15, 0.2) is 0 Å². The summed E-state index contributed by atoms with van der Waals surface area (Å²) in [6, 6.07) is 7.50. The molecule has 1 aromatic rings. The van der Waals surface area contributed by atoms with Crippen molar-refractivity contribution < 1.29 is 4.79 Å². The van der Waals surface area contributed by atoms with Gasteiger partial charge in [0, 0.05) is 12.2 Å². The fraction of sp³-hybridized carbons (Fsp3) is 0.533. The summed E-state index contributed by atoms with van der Waals surface area (Å²) in [6.07, 6.45) is 2.08. The molecule has 0 aliphatic carbocycles. The number of nitrogens with one attached hydrogen (secondary N) is 1. The number of hydrogen-bond acceptors (Lipinski definition) is 3. The lowest BCUT2D eigenvalue weighted by Crippen LogP contribution is -2.42. The van der Waals surface area contributed by atoms with Gasteiger partial charge in [-0.15, -0.1) is 0 Å².